The van der Waals surface area contributed by atoms with Crippen LogP contribution in [0.5, 0.6) is 0 Å². The maximum absolute atomic E-state index is 10.4. The van der Waals surface area contributed by atoms with Gasteiger partial charge in [0.1, 0.15) is 0 Å². The van der Waals surface area contributed by atoms with Gasteiger partial charge in [-0.05, 0) is 19.3 Å². The van der Waals surface area contributed by atoms with E-state index in [2.05, 4.69) is 0 Å². The molecule has 0 spiro atoms. The van der Waals surface area contributed by atoms with Crippen molar-refractivity contribution >= 4 is 10.1 Å². The summed E-state index contributed by atoms with van der Waals surface area (Å²) in [7, 11) is -3.80. The molecule has 0 aliphatic carbocycles. The van der Waals surface area contributed by atoms with Crippen LogP contribution < -0.4 is 0 Å². The molecule has 0 aromatic rings. The molecule has 1 saturated heterocycles. The minimum atomic E-state index is -3.80. The van der Waals surface area contributed by atoms with E-state index in [4.69, 9.17) is 14.0 Å². The summed E-state index contributed by atoms with van der Waals surface area (Å²) in [5, 5.41) is 0. The largest absolute Gasteiger partial charge is 0.376 e. The first-order valence-corrected chi connectivity index (χ1v) is 6.33. The van der Waals surface area contributed by atoms with Crippen molar-refractivity contribution in [3.05, 3.63) is 0 Å². The maximum atomic E-state index is 10.4. The Labute approximate surface area is 84.1 Å². The average molecular weight is 224 g/mol. The van der Waals surface area contributed by atoms with Crippen LogP contribution in [-0.4, -0.2) is 44.6 Å². The Hall–Kier alpha value is -0.170. The summed E-state index contributed by atoms with van der Waals surface area (Å²) in [6.07, 6.45) is 2.08. The van der Waals surface area contributed by atoms with E-state index < -0.39 is 10.1 Å². The second-order valence-electron chi connectivity index (χ2n) is 3.35. The van der Waals surface area contributed by atoms with Crippen LogP contribution in [0.1, 0.15) is 19.3 Å². The van der Waals surface area contributed by atoms with Gasteiger partial charge in [-0.1, -0.05) is 0 Å². The highest BCUT2D eigenvalue weighted by atomic mass is 32.2. The Kier molecular flexibility index (Phi) is 4.80. The molecule has 1 atom stereocenters. The molecule has 14 heavy (non-hydrogen) atoms. The van der Waals surface area contributed by atoms with E-state index in [1.54, 1.807) is 0 Å². The highest BCUT2D eigenvalue weighted by Crippen LogP contribution is 2.09. The van der Waals surface area contributed by atoms with Crippen molar-refractivity contribution in [1.82, 2.24) is 0 Å². The van der Waals surface area contributed by atoms with E-state index in [9.17, 15) is 8.42 Å². The molecule has 0 bridgehead atoms. The van der Waals surface area contributed by atoms with E-state index in [1.165, 1.54) is 0 Å². The smallest absolute Gasteiger partial charge is 0.264 e. The summed E-state index contributed by atoms with van der Waals surface area (Å²) in [4.78, 5) is 0. The molecule has 0 radical (unpaired) electrons. The average Bonchev–Trinajstić information content (AvgIpc) is 2.13. The molecular weight excluding hydrogens is 208 g/mol. The van der Waals surface area contributed by atoms with Crippen LogP contribution in [0.15, 0.2) is 0 Å². The molecule has 1 aliphatic rings. The third kappa shape index (κ3) is 5.54. The Balaban J connectivity index is 2.03. The lowest BCUT2D eigenvalue weighted by Crippen LogP contribution is -2.28. The Bertz CT molecular complexity index is 242. The molecule has 0 amide bonds. The molecule has 1 fully saturated rings. The van der Waals surface area contributed by atoms with Gasteiger partial charge in [0.25, 0.3) is 10.1 Å². The second-order valence-corrected chi connectivity index (χ2v) is 4.92. The van der Waals surface area contributed by atoms with Crippen LogP contribution in [0.25, 0.3) is 0 Å². The molecule has 84 valence electrons. The van der Waals surface area contributed by atoms with Crippen LogP contribution >= 0.6 is 0 Å². The molecule has 1 unspecified atom stereocenters. The fraction of sp³-hybridized carbons (Fsp3) is 1.00. The molecule has 1 N–H and O–H groups in total. The van der Waals surface area contributed by atoms with E-state index >= 15 is 0 Å². The Morgan fingerprint density at radius 3 is 2.64 bits per heavy atom. The quantitative estimate of drug-likeness (QED) is 0.542. The maximum Gasteiger partial charge on any atom is 0.264 e. The minimum Gasteiger partial charge on any atom is -0.376 e. The standard InChI is InChI=1S/C8H16O5S/c9-14(10,11)6-2-1-3-8-7-12-4-5-13-8/h8H,1-7H2,(H,9,10,11). The van der Waals surface area contributed by atoms with Crippen LogP contribution in [0.2, 0.25) is 0 Å². The predicted octanol–water partition coefficient (Wildman–Crippen LogP) is 0.460. The lowest BCUT2D eigenvalue weighted by Gasteiger charge is -2.22. The van der Waals surface area contributed by atoms with Gasteiger partial charge in [-0.3, -0.25) is 4.55 Å². The number of hydrogen-bond acceptors (Lipinski definition) is 4. The molecule has 0 aromatic carbocycles. The van der Waals surface area contributed by atoms with Crippen molar-refractivity contribution in [2.45, 2.75) is 25.4 Å². The summed E-state index contributed by atoms with van der Waals surface area (Å²) in [5.74, 6) is -0.166. The van der Waals surface area contributed by atoms with Gasteiger partial charge in [-0.25, -0.2) is 0 Å². The van der Waals surface area contributed by atoms with Gasteiger partial charge in [0, 0.05) is 0 Å². The van der Waals surface area contributed by atoms with Crippen molar-refractivity contribution in [1.29, 1.82) is 0 Å². The zero-order chi connectivity index (χ0) is 10.4. The molecule has 5 nitrogen and oxygen atoms in total. The molecular formula is C8H16O5S. The van der Waals surface area contributed by atoms with Crippen molar-refractivity contribution in [2.24, 2.45) is 0 Å². The molecule has 1 aliphatic heterocycles. The first-order valence-electron chi connectivity index (χ1n) is 4.72. The van der Waals surface area contributed by atoms with Gasteiger partial charge >= 0.3 is 0 Å². The van der Waals surface area contributed by atoms with Crippen molar-refractivity contribution in [3.63, 3.8) is 0 Å². The van der Waals surface area contributed by atoms with Gasteiger partial charge in [-0.15, -0.1) is 0 Å². The minimum absolute atomic E-state index is 0.0881. The van der Waals surface area contributed by atoms with Crippen molar-refractivity contribution in [3.8, 4) is 0 Å². The molecule has 1 heterocycles. The lowest BCUT2D eigenvalue weighted by molar-refractivity contribution is -0.0911. The third-order valence-electron chi connectivity index (χ3n) is 2.06. The molecule has 0 saturated carbocycles. The summed E-state index contributed by atoms with van der Waals surface area (Å²) in [6.45, 7) is 1.84. The molecule has 1 rings (SSSR count). The first kappa shape index (κ1) is 11.9. The summed E-state index contributed by atoms with van der Waals surface area (Å²) < 4.78 is 39.8. The topological polar surface area (TPSA) is 72.8 Å². The van der Waals surface area contributed by atoms with Crippen LogP contribution in [0, 0.1) is 0 Å². The van der Waals surface area contributed by atoms with E-state index in [0.717, 1.165) is 12.8 Å². The SMILES string of the molecule is O=S(=O)(O)CCCCC1COCCO1. The summed E-state index contributed by atoms with van der Waals surface area (Å²) >= 11 is 0. The number of ether oxygens (including phenoxy) is 2. The Morgan fingerprint density at radius 2 is 2.07 bits per heavy atom. The second kappa shape index (κ2) is 5.65. The summed E-state index contributed by atoms with van der Waals surface area (Å²) in [6, 6.07) is 0. The van der Waals surface area contributed by atoms with Crippen molar-refractivity contribution in [2.75, 3.05) is 25.6 Å². The number of hydrogen-bond donors (Lipinski definition) is 1. The predicted molar refractivity (Wildman–Crippen MR) is 50.8 cm³/mol. The zero-order valence-corrected chi connectivity index (χ0v) is 8.83. The van der Waals surface area contributed by atoms with Gasteiger partial charge in [0.2, 0.25) is 0 Å². The molecule has 0 aromatic heterocycles. The van der Waals surface area contributed by atoms with Crippen LogP contribution in [-0.2, 0) is 19.6 Å². The van der Waals surface area contributed by atoms with Crippen LogP contribution in [0.3, 0.4) is 0 Å². The van der Waals surface area contributed by atoms with Gasteiger partial charge in [0.15, 0.2) is 0 Å². The third-order valence-corrected chi connectivity index (χ3v) is 2.87. The van der Waals surface area contributed by atoms with E-state index in [-0.39, 0.29) is 11.9 Å². The Morgan fingerprint density at radius 1 is 1.29 bits per heavy atom. The van der Waals surface area contributed by atoms with Gasteiger partial charge in [0.05, 0.1) is 31.7 Å². The normalized spacial score (nSPS) is 23.6. The highest BCUT2D eigenvalue weighted by Gasteiger charge is 2.14. The van der Waals surface area contributed by atoms with Gasteiger partial charge in [-0.2, -0.15) is 8.42 Å². The fourth-order valence-corrected chi connectivity index (χ4v) is 1.93. The van der Waals surface area contributed by atoms with Crippen molar-refractivity contribution < 1.29 is 22.4 Å². The number of unbranched alkanes of at least 4 members (excludes halogenated alkanes) is 1. The summed E-state index contributed by atoms with van der Waals surface area (Å²) in [5.41, 5.74) is 0. The van der Waals surface area contributed by atoms with Crippen LogP contribution in [0.4, 0.5) is 0 Å². The molecule has 6 heteroatoms. The van der Waals surface area contributed by atoms with E-state index in [0.29, 0.717) is 26.2 Å². The van der Waals surface area contributed by atoms with E-state index in [1.807, 2.05) is 0 Å². The monoisotopic (exact) mass is 224 g/mol. The lowest BCUT2D eigenvalue weighted by atomic mass is 10.1. The van der Waals surface area contributed by atoms with Gasteiger partial charge < -0.3 is 9.47 Å². The first-order chi connectivity index (χ1) is 6.58. The number of rotatable bonds is 5. The highest BCUT2D eigenvalue weighted by molar-refractivity contribution is 7.85. The fourth-order valence-electron chi connectivity index (χ4n) is 1.36. The zero-order valence-electron chi connectivity index (χ0n) is 8.02.